The molecule has 1 aromatic carbocycles. The SMILES string of the molecule is O=c1[nH]cnc(N2CCc3c(ncnc3Oc3ccc(F)cc3C(F)(F)F)C2)c1Cl. The standard InChI is InChI=1S/C18H12ClF4N5O2/c19-14-15(25-8-26-16(14)29)28-4-3-10-12(6-28)24-7-27-17(10)30-13-2-1-9(20)5-11(13)18(21,22)23/h1-2,5,7-8H,3-4,6H2,(H,25,26,29). The van der Waals surface area contributed by atoms with Gasteiger partial charge in [0.2, 0.25) is 5.88 Å². The molecule has 0 radical (unpaired) electrons. The molecule has 0 atom stereocenters. The third-order valence-electron chi connectivity index (χ3n) is 4.50. The molecule has 7 nitrogen and oxygen atoms in total. The van der Waals surface area contributed by atoms with E-state index < -0.39 is 28.9 Å². The monoisotopic (exact) mass is 441 g/mol. The Morgan fingerprint density at radius 2 is 2.00 bits per heavy atom. The third kappa shape index (κ3) is 3.80. The second-order valence-electron chi connectivity index (χ2n) is 6.39. The number of rotatable bonds is 3. The zero-order valence-electron chi connectivity index (χ0n) is 15.0. The van der Waals surface area contributed by atoms with E-state index in [4.69, 9.17) is 16.3 Å². The van der Waals surface area contributed by atoms with Crippen molar-refractivity contribution in [2.75, 3.05) is 11.4 Å². The summed E-state index contributed by atoms with van der Waals surface area (Å²) in [6, 6.07) is 2.15. The molecule has 0 amide bonds. The number of ether oxygens (including phenoxy) is 1. The number of nitrogens with one attached hydrogen (secondary N) is 1. The summed E-state index contributed by atoms with van der Waals surface area (Å²) < 4.78 is 58.5. The number of H-pyrrole nitrogens is 1. The lowest BCUT2D eigenvalue weighted by Gasteiger charge is -2.29. The number of hydrogen-bond acceptors (Lipinski definition) is 6. The predicted octanol–water partition coefficient (Wildman–Crippen LogP) is 3.73. The fourth-order valence-electron chi connectivity index (χ4n) is 3.10. The molecule has 0 unspecified atom stereocenters. The predicted molar refractivity (Wildman–Crippen MR) is 98.1 cm³/mol. The van der Waals surface area contributed by atoms with E-state index in [1.807, 2.05) is 0 Å². The summed E-state index contributed by atoms with van der Waals surface area (Å²) in [5.41, 5.74) is -0.741. The maximum Gasteiger partial charge on any atom is 0.420 e. The molecule has 0 fully saturated rings. The first-order valence-electron chi connectivity index (χ1n) is 8.59. The lowest BCUT2D eigenvalue weighted by atomic mass is 10.1. The van der Waals surface area contributed by atoms with Crippen LogP contribution in [0, 0.1) is 5.82 Å². The topological polar surface area (TPSA) is 84.0 Å². The average molecular weight is 442 g/mol. The van der Waals surface area contributed by atoms with Gasteiger partial charge in [-0.3, -0.25) is 4.79 Å². The number of anilines is 1. The fourth-order valence-corrected chi connectivity index (χ4v) is 3.33. The number of fused-ring (bicyclic) bond motifs is 1. The van der Waals surface area contributed by atoms with Crippen LogP contribution in [0.25, 0.3) is 0 Å². The summed E-state index contributed by atoms with van der Waals surface area (Å²) >= 11 is 6.02. The zero-order valence-corrected chi connectivity index (χ0v) is 15.8. The van der Waals surface area contributed by atoms with Crippen LogP contribution >= 0.6 is 11.6 Å². The van der Waals surface area contributed by atoms with Crippen LogP contribution in [0.3, 0.4) is 0 Å². The summed E-state index contributed by atoms with van der Waals surface area (Å²) in [6.07, 6.45) is -2.12. The highest BCUT2D eigenvalue weighted by molar-refractivity contribution is 6.32. The number of aromatic nitrogens is 4. The van der Waals surface area contributed by atoms with Crippen LogP contribution in [0.4, 0.5) is 23.4 Å². The van der Waals surface area contributed by atoms with Gasteiger partial charge < -0.3 is 14.6 Å². The molecule has 30 heavy (non-hydrogen) atoms. The minimum Gasteiger partial charge on any atom is -0.438 e. The van der Waals surface area contributed by atoms with Gasteiger partial charge in [0.1, 0.15) is 28.5 Å². The van der Waals surface area contributed by atoms with Crippen LogP contribution in [0.1, 0.15) is 16.8 Å². The van der Waals surface area contributed by atoms with E-state index in [-0.39, 0.29) is 23.3 Å². The van der Waals surface area contributed by atoms with Crippen molar-refractivity contribution >= 4 is 17.4 Å². The molecule has 1 aliphatic heterocycles. The minimum atomic E-state index is -4.80. The van der Waals surface area contributed by atoms with E-state index in [0.717, 1.165) is 18.5 Å². The lowest BCUT2D eigenvalue weighted by Crippen LogP contribution is -2.33. The normalized spacial score (nSPS) is 13.8. The highest BCUT2D eigenvalue weighted by atomic mass is 35.5. The summed E-state index contributed by atoms with van der Waals surface area (Å²) in [4.78, 5) is 28.0. The fraction of sp³-hybridized carbons (Fsp3) is 0.222. The van der Waals surface area contributed by atoms with Crippen LogP contribution in [0.5, 0.6) is 11.6 Å². The second kappa shape index (κ2) is 7.56. The van der Waals surface area contributed by atoms with Gasteiger partial charge in [0, 0.05) is 12.1 Å². The Kier molecular flexibility index (Phi) is 5.06. The van der Waals surface area contributed by atoms with E-state index >= 15 is 0 Å². The number of hydrogen-bond donors (Lipinski definition) is 1. The maximum absolute atomic E-state index is 13.3. The molecule has 1 aliphatic rings. The molecule has 0 saturated carbocycles. The third-order valence-corrected chi connectivity index (χ3v) is 4.84. The minimum absolute atomic E-state index is 0.0540. The summed E-state index contributed by atoms with van der Waals surface area (Å²) in [6.45, 7) is 0.544. The van der Waals surface area contributed by atoms with Gasteiger partial charge in [0.25, 0.3) is 5.56 Å². The first kappa shape index (κ1) is 20.1. The molecule has 2 aromatic heterocycles. The molecule has 0 bridgehead atoms. The van der Waals surface area contributed by atoms with Crippen LogP contribution in [-0.4, -0.2) is 26.5 Å². The summed E-state index contributed by atoms with van der Waals surface area (Å²) in [7, 11) is 0. The van der Waals surface area contributed by atoms with Gasteiger partial charge in [-0.05, 0) is 24.6 Å². The van der Waals surface area contributed by atoms with E-state index in [9.17, 15) is 22.4 Å². The highest BCUT2D eigenvalue weighted by Gasteiger charge is 2.35. The van der Waals surface area contributed by atoms with Gasteiger partial charge in [0.15, 0.2) is 5.82 Å². The van der Waals surface area contributed by atoms with Gasteiger partial charge in [0.05, 0.1) is 18.6 Å². The van der Waals surface area contributed by atoms with Crippen LogP contribution in [0.15, 0.2) is 35.6 Å². The van der Waals surface area contributed by atoms with Crippen molar-refractivity contribution in [1.29, 1.82) is 0 Å². The Hall–Kier alpha value is -3.21. The van der Waals surface area contributed by atoms with E-state index in [0.29, 0.717) is 30.3 Å². The number of aromatic amines is 1. The number of benzene rings is 1. The van der Waals surface area contributed by atoms with Gasteiger partial charge in [-0.15, -0.1) is 0 Å². The highest BCUT2D eigenvalue weighted by Crippen LogP contribution is 2.39. The van der Waals surface area contributed by atoms with Gasteiger partial charge in [-0.2, -0.15) is 13.2 Å². The Balaban J connectivity index is 1.66. The number of halogens is 5. The van der Waals surface area contributed by atoms with Crippen LogP contribution in [0.2, 0.25) is 5.02 Å². The molecule has 4 rings (SSSR count). The van der Waals surface area contributed by atoms with Crippen molar-refractivity contribution in [1.82, 2.24) is 19.9 Å². The van der Waals surface area contributed by atoms with Gasteiger partial charge in [-0.1, -0.05) is 11.6 Å². The summed E-state index contributed by atoms with van der Waals surface area (Å²) in [5, 5.41) is -0.0763. The molecular formula is C18H12ClF4N5O2. The molecule has 0 aliphatic carbocycles. The molecule has 156 valence electrons. The Morgan fingerprint density at radius 3 is 2.77 bits per heavy atom. The first-order valence-corrected chi connectivity index (χ1v) is 8.97. The Labute approximate surface area is 171 Å². The number of alkyl halides is 3. The van der Waals surface area contributed by atoms with Crippen molar-refractivity contribution in [2.24, 2.45) is 0 Å². The molecule has 0 saturated heterocycles. The van der Waals surface area contributed by atoms with Crippen molar-refractivity contribution in [3.05, 3.63) is 68.9 Å². The molecule has 1 N–H and O–H groups in total. The average Bonchev–Trinajstić information content (AvgIpc) is 2.70. The van der Waals surface area contributed by atoms with Crippen molar-refractivity contribution in [3.8, 4) is 11.6 Å². The van der Waals surface area contributed by atoms with Crippen LogP contribution in [-0.2, 0) is 19.1 Å². The molecule has 3 aromatic rings. The van der Waals surface area contributed by atoms with Crippen molar-refractivity contribution < 1.29 is 22.3 Å². The molecular weight excluding hydrogens is 430 g/mol. The number of nitrogens with zero attached hydrogens (tertiary/aromatic N) is 4. The lowest BCUT2D eigenvalue weighted by molar-refractivity contribution is -0.138. The Morgan fingerprint density at radius 1 is 1.20 bits per heavy atom. The summed E-state index contributed by atoms with van der Waals surface area (Å²) in [5.74, 6) is -1.38. The maximum atomic E-state index is 13.3. The Bertz CT molecular complexity index is 1170. The van der Waals surface area contributed by atoms with E-state index in [1.165, 1.54) is 6.33 Å². The van der Waals surface area contributed by atoms with Gasteiger partial charge >= 0.3 is 6.18 Å². The van der Waals surface area contributed by atoms with Crippen LogP contribution < -0.4 is 15.2 Å². The zero-order chi connectivity index (χ0) is 21.5. The first-order chi connectivity index (χ1) is 14.2. The molecule has 12 heteroatoms. The van der Waals surface area contributed by atoms with E-state index in [2.05, 4.69) is 19.9 Å². The largest absolute Gasteiger partial charge is 0.438 e. The van der Waals surface area contributed by atoms with Crippen molar-refractivity contribution in [3.63, 3.8) is 0 Å². The molecule has 0 spiro atoms. The second-order valence-corrected chi connectivity index (χ2v) is 6.76. The molecule has 3 heterocycles. The quantitative estimate of drug-likeness (QED) is 0.624. The van der Waals surface area contributed by atoms with Gasteiger partial charge in [-0.25, -0.2) is 19.3 Å². The van der Waals surface area contributed by atoms with Crippen molar-refractivity contribution in [2.45, 2.75) is 19.1 Å². The smallest absolute Gasteiger partial charge is 0.420 e. The van der Waals surface area contributed by atoms with E-state index in [1.54, 1.807) is 4.90 Å².